The minimum Gasteiger partial charge on any atom is -0.307 e. The van der Waals surface area contributed by atoms with Crippen LogP contribution in [-0.4, -0.2) is 16.7 Å². The van der Waals surface area contributed by atoms with Crippen LogP contribution < -0.4 is 5.32 Å². The van der Waals surface area contributed by atoms with E-state index < -0.39 is 12.6 Å². The Bertz CT molecular complexity index is 419. The van der Waals surface area contributed by atoms with E-state index in [0.29, 0.717) is 11.6 Å². The summed E-state index contributed by atoms with van der Waals surface area (Å²) in [6, 6.07) is 0. The second-order valence-electron chi connectivity index (χ2n) is 5.95. The van der Waals surface area contributed by atoms with Gasteiger partial charge < -0.3 is 5.32 Å². The number of nitrogens with zero attached hydrogens (tertiary/aromatic N) is 1. The number of aromatic nitrogens is 1. The fourth-order valence-electron chi connectivity index (χ4n) is 1.71. The summed E-state index contributed by atoms with van der Waals surface area (Å²) in [4.78, 5) is 5.45. The van der Waals surface area contributed by atoms with Crippen molar-refractivity contribution in [1.82, 2.24) is 10.3 Å². The molecule has 0 amide bonds. The molecule has 0 atom stereocenters. The number of alkyl halides is 3. The molecule has 0 aliphatic rings. The van der Waals surface area contributed by atoms with E-state index in [1.807, 2.05) is 0 Å². The topological polar surface area (TPSA) is 24.9 Å². The Balaban J connectivity index is 2.74. The lowest BCUT2D eigenvalue weighted by Crippen LogP contribution is -2.35. The van der Waals surface area contributed by atoms with Crippen LogP contribution in [0.1, 0.15) is 56.1 Å². The Morgan fingerprint density at radius 3 is 2.30 bits per heavy atom. The largest absolute Gasteiger partial charge is 0.389 e. The van der Waals surface area contributed by atoms with Gasteiger partial charge in [-0.1, -0.05) is 13.3 Å². The van der Waals surface area contributed by atoms with Crippen molar-refractivity contribution < 1.29 is 13.2 Å². The third kappa shape index (κ3) is 6.70. The van der Waals surface area contributed by atoms with Gasteiger partial charge in [-0.25, -0.2) is 4.98 Å². The number of rotatable bonds is 6. The molecule has 0 spiro atoms. The van der Waals surface area contributed by atoms with E-state index in [-0.39, 0.29) is 12.0 Å². The van der Waals surface area contributed by atoms with Crippen LogP contribution in [0.4, 0.5) is 13.2 Å². The van der Waals surface area contributed by atoms with Crippen molar-refractivity contribution in [3.63, 3.8) is 0 Å². The first-order chi connectivity index (χ1) is 9.11. The molecule has 1 N–H and O–H groups in total. The van der Waals surface area contributed by atoms with Gasteiger partial charge in [0.25, 0.3) is 0 Å². The Morgan fingerprint density at radius 1 is 1.15 bits per heavy atom. The average Bonchev–Trinajstić information content (AvgIpc) is 2.65. The average molecular weight is 308 g/mol. The van der Waals surface area contributed by atoms with Gasteiger partial charge in [0.1, 0.15) is 0 Å². The number of thiazole rings is 1. The van der Waals surface area contributed by atoms with Gasteiger partial charge in [-0.2, -0.15) is 13.2 Å². The van der Waals surface area contributed by atoms with Crippen molar-refractivity contribution in [2.45, 2.75) is 71.6 Å². The maximum atomic E-state index is 12.3. The van der Waals surface area contributed by atoms with E-state index in [4.69, 9.17) is 0 Å². The molecular weight excluding hydrogens is 285 g/mol. The summed E-state index contributed by atoms with van der Waals surface area (Å²) in [6.07, 6.45) is -3.15. The Kier molecular flexibility index (Phi) is 6.01. The molecule has 1 rings (SSSR count). The van der Waals surface area contributed by atoms with E-state index in [1.54, 1.807) is 0 Å². The quantitative estimate of drug-likeness (QED) is 0.838. The second-order valence-corrected chi connectivity index (χ2v) is 7.11. The van der Waals surface area contributed by atoms with Gasteiger partial charge in [-0.15, -0.1) is 11.3 Å². The highest BCUT2D eigenvalue weighted by Crippen LogP contribution is 2.26. The molecule has 0 fully saturated rings. The molecule has 6 heteroatoms. The lowest BCUT2D eigenvalue weighted by molar-refractivity contribution is -0.134. The number of aryl methyl sites for hydroxylation is 2. The van der Waals surface area contributed by atoms with Crippen LogP contribution in [0.2, 0.25) is 0 Å². The van der Waals surface area contributed by atoms with Gasteiger partial charge in [-0.05, 0) is 27.2 Å². The normalized spacial score (nSPS) is 12.9. The summed E-state index contributed by atoms with van der Waals surface area (Å²) in [5.74, 6) is 0. The minimum atomic E-state index is -4.11. The van der Waals surface area contributed by atoms with E-state index in [1.165, 1.54) is 11.3 Å². The third-order valence-electron chi connectivity index (χ3n) is 2.71. The van der Waals surface area contributed by atoms with Crippen LogP contribution >= 0.6 is 11.3 Å². The van der Waals surface area contributed by atoms with Crippen LogP contribution in [0.5, 0.6) is 0 Å². The number of hydrogen-bond acceptors (Lipinski definition) is 3. The molecule has 0 radical (unpaired) electrons. The highest BCUT2D eigenvalue weighted by Gasteiger charge is 2.27. The standard InChI is InChI=1S/C14H23F3N2S/c1-5-6-10-11(9-18-13(2,3)4)20-12(19-10)7-8-14(15,16)17/h18H,5-9H2,1-4H3. The number of nitrogens with one attached hydrogen (secondary N) is 1. The molecule has 1 aromatic heterocycles. The van der Waals surface area contributed by atoms with Gasteiger partial charge in [0.05, 0.1) is 10.7 Å². The first-order valence-corrected chi connectivity index (χ1v) is 7.71. The van der Waals surface area contributed by atoms with Crippen molar-refractivity contribution >= 4 is 11.3 Å². The molecule has 1 aromatic rings. The Labute approximate surface area is 122 Å². The molecule has 0 bridgehead atoms. The molecule has 0 aliphatic heterocycles. The lowest BCUT2D eigenvalue weighted by Gasteiger charge is -2.20. The van der Waals surface area contributed by atoms with Crippen molar-refractivity contribution in [2.24, 2.45) is 0 Å². The first kappa shape index (κ1) is 17.4. The number of hydrogen-bond donors (Lipinski definition) is 1. The lowest BCUT2D eigenvalue weighted by atomic mass is 10.1. The summed E-state index contributed by atoms with van der Waals surface area (Å²) in [5.41, 5.74) is 0.936. The summed E-state index contributed by atoms with van der Waals surface area (Å²) in [6.45, 7) is 8.92. The zero-order valence-electron chi connectivity index (χ0n) is 12.5. The first-order valence-electron chi connectivity index (χ1n) is 6.90. The highest BCUT2D eigenvalue weighted by atomic mass is 32.1. The van der Waals surface area contributed by atoms with Crippen LogP contribution in [0.3, 0.4) is 0 Å². The van der Waals surface area contributed by atoms with Gasteiger partial charge in [0.2, 0.25) is 0 Å². The van der Waals surface area contributed by atoms with Gasteiger partial charge in [0, 0.05) is 29.8 Å². The van der Waals surface area contributed by atoms with E-state index >= 15 is 0 Å². The molecule has 20 heavy (non-hydrogen) atoms. The zero-order chi connectivity index (χ0) is 15.4. The van der Waals surface area contributed by atoms with E-state index in [9.17, 15) is 13.2 Å². The fourth-order valence-corrected chi connectivity index (χ4v) is 2.76. The third-order valence-corrected chi connectivity index (χ3v) is 3.87. The fraction of sp³-hybridized carbons (Fsp3) is 0.786. The molecule has 2 nitrogen and oxygen atoms in total. The second kappa shape index (κ2) is 6.89. The summed E-state index contributed by atoms with van der Waals surface area (Å²) < 4.78 is 36.8. The Morgan fingerprint density at radius 2 is 1.80 bits per heavy atom. The van der Waals surface area contributed by atoms with Gasteiger partial charge in [-0.3, -0.25) is 0 Å². The van der Waals surface area contributed by atoms with Crippen molar-refractivity contribution in [1.29, 1.82) is 0 Å². The molecule has 0 unspecified atom stereocenters. The van der Waals surface area contributed by atoms with Crippen molar-refractivity contribution in [3.05, 3.63) is 15.6 Å². The van der Waals surface area contributed by atoms with Crippen molar-refractivity contribution in [3.8, 4) is 0 Å². The van der Waals surface area contributed by atoms with E-state index in [0.717, 1.165) is 23.4 Å². The highest BCUT2D eigenvalue weighted by molar-refractivity contribution is 7.11. The molecular formula is C14H23F3N2S. The van der Waals surface area contributed by atoms with Gasteiger partial charge >= 0.3 is 6.18 Å². The summed E-state index contributed by atoms with van der Waals surface area (Å²) in [5, 5.41) is 3.96. The van der Waals surface area contributed by atoms with Crippen LogP contribution in [0.25, 0.3) is 0 Å². The smallest absolute Gasteiger partial charge is 0.307 e. The summed E-state index contributed by atoms with van der Waals surface area (Å²) >= 11 is 1.41. The molecule has 0 saturated carbocycles. The zero-order valence-corrected chi connectivity index (χ0v) is 13.3. The SMILES string of the molecule is CCCc1nc(CCC(F)(F)F)sc1CNC(C)(C)C. The van der Waals surface area contributed by atoms with Gasteiger partial charge in [0.15, 0.2) is 0 Å². The molecule has 116 valence electrons. The predicted octanol–water partition coefficient (Wildman–Crippen LogP) is 4.48. The molecule has 0 saturated heterocycles. The van der Waals surface area contributed by atoms with Crippen molar-refractivity contribution in [2.75, 3.05) is 0 Å². The monoisotopic (exact) mass is 308 g/mol. The predicted molar refractivity (Wildman–Crippen MR) is 77.1 cm³/mol. The van der Waals surface area contributed by atoms with Crippen LogP contribution in [-0.2, 0) is 19.4 Å². The van der Waals surface area contributed by atoms with Crippen LogP contribution in [0, 0.1) is 0 Å². The van der Waals surface area contributed by atoms with Crippen LogP contribution in [0.15, 0.2) is 0 Å². The maximum absolute atomic E-state index is 12.3. The summed E-state index contributed by atoms with van der Waals surface area (Å²) in [7, 11) is 0. The molecule has 1 heterocycles. The minimum absolute atomic E-state index is 0.0135. The Hall–Kier alpha value is -0.620. The molecule has 0 aromatic carbocycles. The number of halogens is 3. The molecule has 0 aliphatic carbocycles. The maximum Gasteiger partial charge on any atom is 0.389 e. The van der Waals surface area contributed by atoms with E-state index in [2.05, 4.69) is 38.0 Å².